The van der Waals surface area contributed by atoms with Crippen molar-refractivity contribution >= 4 is 5.82 Å². The molecule has 0 radical (unpaired) electrons. The van der Waals surface area contributed by atoms with Crippen molar-refractivity contribution in [2.75, 3.05) is 31.7 Å². The molecule has 0 atom stereocenters. The maximum absolute atomic E-state index is 13.5. The molecule has 0 amide bonds. The van der Waals surface area contributed by atoms with Gasteiger partial charge in [-0.15, -0.1) is 0 Å². The van der Waals surface area contributed by atoms with Crippen molar-refractivity contribution in [1.29, 1.82) is 0 Å². The summed E-state index contributed by atoms with van der Waals surface area (Å²) in [7, 11) is 1.62. The van der Waals surface area contributed by atoms with Crippen LogP contribution in [0.5, 0.6) is 0 Å². The van der Waals surface area contributed by atoms with Crippen molar-refractivity contribution in [3.8, 4) is 0 Å². The molecule has 0 spiro atoms. The first-order chi connectivity index (χ1) is 8.50. The molecule has 1 aromatic heterocycles. The number of pyridine rings is 1. The Labute approximate surface area is 104 Å². The molecule has 0 bridgehead atoms. The number of anilines is 1. The number of hydrogen-bond acceptors (Lipinski definition) is 4. The smallest absolute Gasteiger partial charge is 0.168 e. The Morgan fingerprint density at radius 2 is 2.11 bits per heavy atom. The molecular formula is C12H16F2N2O2. The summed E-state index contributed by atoms with van der Waals surface area (Å²) < 4.78 is 31.5. The van der Waals surface area contributed by atoms with E-state index in [1.807, 2.05) is 0 Å². The molecule has 1 aliphatic rings. The van der Waals surface area contributed by atoms with Gasteiger partial charge in [0.05, 0.1) is 11.8 Å². The van der Waals surface area contributed by atoms with Crippen LogP contribution in [-0.2, 0) is 4.74 Å². The first kappa shape index (κ1) is 13.2. The van der Waals surface area contributed by atoms with E-state index in [4.69, 9.17) is 4.74 Å². The molecular weight excluding hydrogens is 242 g/mol. The zero-order chi connectivity index (χ0) is 13.2. The van der Waals surface area contributed by atoms with Gasteiger partial charge in [0.1, 0.15) is 5.82 Å². The lowest BCUT2D eigenvalue weighted by atomic mass is 9.94. The largest absolute Gasteiger partial charge is 0.388 e. The molecule has 1 aliphatic heterocycles. The van der Waals surface area contributed by atoms with Crippen LogP contribution in [0.1, 0.15) is 12.8 Å². The number of nitrogens with zero attached hydrogens (tertiary/aromatic N) is 2. The van der Waals surface area contributed by atoms with Gasteiger partial charge in [-0.2, -0.15) is 0 Å². The molecule has 18 heavy (non-hydrogen) atoms. The number of rotatable bonds is 3. The van der Waals surface area contributed by atoms with E-state index in [-0.39, 0.29) is 12.4 Å². The molecule has 0 unspecified atom stereocenters. The van der Waals surface area contributed by atoms with Crippen LogP contribution in [0.2, 0.25) is 0 Å². The minimum absolute atomic E-state index is 0.0383. The van der Waals surface area contributed by atoms with Crippen LogP contribution in [0.15, 0.2) is 12.3 Å². The van der Waals surface area contributed by atoms with Crippen LogP contribution >= 0.6 is 0 Å². The molecule has 0 aromatic carbocycles. The van der Waals surface area contributed by atoms with Crippen molar-refractivity contribution < 1.29 is 18.6 Å². The van der Waals surface area contributed by atoms with Gasteiger partial charge in [-0.3, -0.25) is 0 Å². The second-order valence-corrected chi connectivity index (χ2v) is 4.65. The van der Waals surface area contributed by atoms with E-state index in [1.165, 1.54) is 4.90 Å². The number of hydrogen-bond donors (Lipinski definition) is 1. The first-order valence-corrected chi connectivity index (χ1v) is 5.82. The van der Waals surface area contributed by atoms with Crippen LogP contribution in [0, 0.1) is 11.6 Å². The SMILES string of the molecule is CN(CC1(O)CCOCC1)c1ncc(F)cc1F. The summed E-state index contributed by atoms with van der Waals surface area (Å²) in [6, 6.07) is 0.785. The van der Waals surface area contributed by atoms with Crippen LogP contribution in [0.4, 0.5) is 14.6 Å². The van der Waals surface area contributed by atoms with Crippen molar-refractivity contribution in [2.24, 2.45) is 0 Å². The highest BCUT2D eigenvalue weighted by Crippen LogP contribution is 2.24. The highest BCUT2D eigenvalue weighted by atomic mass is 19.1. The zero-order valence-corrected chi connectivity index (χ0v) is 10.2. The fourth-order valence-electron chi connectivity index (χ4n) is 2.11. The van der Waals surface area contributed by atoms with E-state index >= 15 is 0 Å². The van der Waals surface area contributed by atoms with E-state index in [1.54, 1.807) is 7.05 Å². The Bertz CT molecular complexity index is 423. The maximum atomic E-state index is 13.5. The fourth-order valence-corrected chi connectivity index (χ4v) is 2.11. The number of ether oxygens (including phenoxy) is 1. The Kier molecular flexibility index (Phi) is 3.77. The summed E-state index contributed by atoms with van der Waals surface area (Å²) in [5.74, 6) is -1.40. The Morgan fingerprint density at radius 1 is 1.44 bits per heavy atom. The maximum Gasteiger partial charge on any atom is 0.168 e. The molecule has 100 valence electrons. The average Bonchev–Trinajstić information content (AvgIpc) is 2.28. The summed E-state index contributed by atoms with van der Waals surface area (Å²) in [6.07, 6.45) is 1.96. The predicted molar refractivity (Wildman–Crippen MR) is 62.4 cm³/mol. The van der Waals surface area contributed by atoms with E-state index in [0.29, 0.717) is 26.1 Å². The molecule has 1 aromatic rings. The molecule has 2 rings (SSSR count). The quantitative estimate of drug-likeness (QED) is 0.888. The number of likely N-dealkylation sites (N-methyl/N-ethyl adjacent to an activating group) is 1. The topological polar surface area (TPSA) is 45.6 Å². The average molecular weight is 258 g/mol. The van der Waals surface area contributed by atoms with Gasteiger partial charge in [0.25, 0.3) is 0 Å². The van der Waals surface area contributed by atoms with Gasteiger partial charge in [0, 0.05) is 45.7 Å². The van der Waals surface area contributed by atoms with Crippen molar-refractivity contribution in [3.05, 3.63) is 23.9 Å². The molecule has 4 nitrogen and oxygen atoms in total. The molecule has 1 N–H and O–H groups in total. The summed E-state index contributed by atoms with van der Waals surface area (Å²) in [5.41, 5.74) is -0.907. The van der Waals surface area contributed by atoms with Gasteiger partial charge in [0.15, 0.2) is 11.6 Å². The Balaban J connectivity index is 2.08. The monoisotopic (exact) mass is 258 g/mol. The predicted octanol–water partition coefficient (Wildman–Crippen LogP) is 1.34. The number of aromatic nitrogens is 1. The first-order valence-electron chi connectivity index (χ1n) is 5.82. The van der Waals surface area contributed by atoms with Crippen molar-refractivity contribution in [2.45, 2.75) is 18.4 Å². The van der Waals surface area contributed by atoms with Gasteiger partial charge < -0.3 is 14.7 Å². The van der Waals surface area contributed by atoms with Gasteiger partial charge >= 0.3 is 0 Å². The van der Waals surface area contributed by atoms with Gasteiger partial charge in [-0.05, 0) is 0 Å². The highest BCUT2D eigenvalue weighted by Gasteiger charge is 2.32. The minimum Gasteiger partial charge on any atom is -0.388 e. The third-order valence-corrected chi connectivity index (χ3v) is 3.10. The normalized spacial score (nSPS) is 18.7. The fraction of sp³-hybridized carbons (Fsp3) is 0.583. The third-order valence-electron chi connectivity index (χ3n) is 3.10. The lowest BCUT2D eigenvalue weighted by Crippen LogP contribution is -2.46. The number of halogens is 2. The Morgan fingerprint density at radius 3 is 2.72 bits per heavy atom. The lowest BCUT2D eigenvalue weighted by Gasteiger charge is -2.35. The zero-order valence-electron chi connectivity index (χ0n) is 10.2. The van der Waals surface area contributed by atoms with E-state index in [9.17, 15) is 13.9 Å². The molecule has 1 saturated heterocycles. The second kappa shape index (κ2) is 5.16. The molecule has 1 fully saturated rings. The molecule has 6 heteroatoms. The van der Waals surface area contributed by atoms with E-state index in [0.717, 1.165) is 12.3 Å². The summed E-state index contributed by atoms with van der Waals surface area (Å²) >= 11 is 0. The van der Waals surface area contributed by atoms with Crippen molar-refractivity contribution in [3.63, 3.8) is 0 Å². The molecule has 2 heterocycles. The summed E-state index contributed by atoms with van der Waals surface area (Å²) in [4.78, 5) is 5.21. The Hall–Kier alpha value is -1.27. The van der Waals surface area contributed by atoms with Crippen LogP contribution in [0.3, 0.4) is 0 Å². The molecule has 0 aliphatic carbocycles. The van der Waals surface area contributed by atoms with E-state index < -0.39 is 17.2 Å². The third kappa shape index (κ3) is 2.94. The highest BCUT2D eigenvalue weighted by molar-refractivity contribution is 5.39. The second-order valence-electron chi connectivity index (χ2n) is 4.65. The summed E-state index contributed by atoms with van der Waals surface area (Å²) in [6.45, 7) is 1.22. The van der Waals surface area contributed by atoms with Gasteiger partial charge in [0.2, 0.25) is 0 Å². The summed E-state index contributed by atoms with van der Waals surface area (Å²) in [5, 5.41) is 10.3. The number of aliphatic hydroxyl groups is 1. The minimum atomic E-state index is -0.907. The van der Waals surface area contributed by atoms with E-state index in [2.05, 4.69) is 4.98 Å². The lowest BCUT2D eigenvalue weighted by molar-refractivity contribution is -0.0573. The van der Waals surface area contributed by atoms with Gasteiger partial charge in [-0.1, -0.05) is 0 Å². The molecule has 0 saturated carbocycles. The van der Waals surface area contributed by atoms with Crippen LogP contribution < -0.4 is 4.90 Å². The van der Waals surface area contributed by atoms with Crippen LogP contribution in [0.25, 0.3) is 0 Å². The van der Waals surface area contributed by atoms with Crippen molar-refractivity contribution in [1.82, 2.24) is 4.98 Å². The van der Waals surface area contributed by atoms with Crippen LogP contribution in [-0.4, -0.2) is 42.5 Å². The standard InChI is InChI=1S/C12H16F2N2O2/c1-16(8-12(17)2-4-18-5-3-12)11-10(14)6-9(13)7-15-11/h6-7,17H,2-5,8H2,1H3. The van der Waals surface area contributed by atoms with Gasteiger partial charge in [-0.25, -0.2) is 13.8 Å².